The van der Waals surface area contributed by atoms with Crippen LogP contribution in [0.1, 0.15) is 19.8 Å². The summed E-state index contributed by atoms with van der Waals surface area (Å²) in [6.07, 6.45) is 9.69. The van der Waals surface area contributed by atoms with Gasteiger partial charge in [0.2, 0.25) is 0 Å². The number of piperidine rings is 1. The summed E-state index contributed by atoms with van der Waals surface area (Å²) in [6.45, 7) is 3.17. The summed E-state index contributed by atoms with van der Waals surface area (Å²) in [6, 6.07) is 2.54. The predicted molar refractivity (Wildman–Crippen MR) is 119 cm³/mol. The van der Waals surface area contributed by atoms with E-state index in [2.05, 4.69) is 33.5 Å². The SMILES string of the molecule is C[C@H]1C[C@@H](Oc2nc3sc(-c4ncc5[nH]ccc5c4-c4cn[nH]c4)nc3s2)CCN1. The van der Waals surface area contributed by atoms with Crippen molar-refractivity contribution in [2.24, 2.45) is 0 Å². The topological polar surface area (TPSA) is 104 Å². The third-order valence-corrected chi connectivity index (χ3v) is 7.32. The number of nitrogens with zero attached hydrogens (tertiary/aromatic N) is 4. The fraction of sp³-hybridized carbons (Fsp3) is 0.300. The number of fused-ring (bicyclic) bond motifs is 2. The lowest BCUT2D eigenvalue weighted by Crippen LogP contribution is -2.40. The number of nitrogens with one attached hydrogen (secondary N) is 3. The van der Waals surface area contributed by atoms with Crippen LogP contribution in [0.5, 0.6) is 5.19 Å². The standard InChI is InChI=1S/C20H19N7OS2/c1-10-6-12(2-4-21-10)28-20-27-19-18(30-20)26-17(29-19)16-15(11-7-24-25-8-11)13-3-5-22-14(13)9-23-16/h3,5,7-10,12,21-22H,2,4,6H2,1H3,(H,24,25)/t10-,12-/m0/s1. The van der Waals surface area contributed by atoms with E-state index in [4.69, 9.17) is 19.7 Å². The van der Waals surface area contributed by atoms with Crippen molar-refractivity contribution in [1.29, 1.82) is 0 Å². The van der Waals surface area contributed by atoms with E-state index >= 15 is 0 Å². The maximum atomic E-state index is 6.15. The first kappa shape index (κ1) is 18.0. The van der Waals surface area contributed by atoms with Gasteiger partial charge in [0, 0.05) is 34.9 Å². The molecule has 0 unspecified atom stereocenters. The van der Waals surface area contributed by atoms with Crippen molar-refractivity contribution in [3.05, 3.63) is 30.9 Å². The quantitative estimate of drug-likeness (QED) is 0.389. The highest BCUT2D eigenvalue weighted by Gasteiger charge is 2.23. The molecule has 5 aromatic heterocycles. The molecule has 0 bridgehead atoms. The van der Waals surface area contributed by atoms with Gasteiger partial charge in [-0.1, -0.05) is 22.7 Å². The number of hydrogen-bond donors (Lipinski definition) is 3. The Kier molecular flexibility index (Phi) is 4.29. The maximum absolute atomic E-state index is 6.15. The number of hydrogen-bond acceptors (Lipinski definition) is 8. The number of H-pyrrole nitrogens is 2. The highest BCUT2D eigenvalue weighted by Crippen LogP contribution is 2.41. The highest BCUT2D eigenvalue weighted by molar-refractivity contribution is 7.28. The Morgan fingerprint density at radius 3 is 2.93 bits per heavy atom. The second-order valence-electron chi connectivity index (χ2n) is 7.50. The van der Waals surface area contributed by atoms with Crippen LogP contribution < -0.4 is 10.1 Å². The third-order valence-electron chi connectivity index (χ3n) is 5.40. The first-order chi connectivity index (χ1) is 14.7. The number of aromatic nitrogens is 6. The molecule has 1 fully saturated rings. The molecule has 1 aliphatic rings. The number of rotatable bonds is 4. The predicted octanol–water partition coefficient (Wildman–Crippen LogP) is 4.21. The van der Waals surface area contributed by atoms with Gasteiger partial charge < -0.3 is 15.0 Å². The number of thiazole rings is 2. The van der Waals surface area contributed by atoms with Crippen LogP contribution in [0.15, 0.2) is 30.9 Å². The van der Waals surface area contributed by atoms with Gasteiger partial charge >= 0.3 is 0 Å². The molecule has 6 rings (SSSR count). The van der Waals surface area contributed by atoms with Crippen LogP contribution in [0, 0.1) is 0 Å². The zero-order valence-electron chi connectivity index (χ0n) is 16.2. The smallest absolute Gasteiger partial charge is 0.276 e. The van der Waals surface area contributed by atoms with Crippen LogP contribution in [-0.4, -0.2) is 48.8 Å². The Morgan fingerprint density at radius 2 is 2.10 bits per heavy atom. The summed E-state index contributed by atoms with van der Waals surface area (Å²) in [5, 5.41) is 13.1. The molecule has 6 heterocycles. The molecule has 0 spiro atoms. The van der Waals surface area contributed by atoms with Crippen LogP contribution in [-0.2, 0) is 0 Å². The normalized spacial score (nSPS) is 19.6. The molecule has 1 saturated heterocycles. The summed E-state index contributed by atoms with van der Waals surface area (Å²) >= 11 is 3.06. The summed E-state index contributed by atoms with van der Waals surface area (Å²) in [4.78, 5) is 19.3. The molecular formula is C20H19N7OS2. The fourth-order valence-corrected chi connectivity index (χ4v) is 5.94. The van der Waals surface area contributed by atoms with E-state index in [0.717, 1.165) is 61.8 Å². The van der Waals surface area contributed by atoms with Crippen molar-refractivity contribution in [2.45, 2.75) is 31.9 Å². The van der Waals surface area contributed by atoms with Gasteiger partial charge in [-0.3, -0.25) is 10.1 Å². The molecule has 2 atom stereocenters. The lowest BCUT2D eigenvalue weighted by Gasteiger charge is -2.27. The van der Waals surface area contributed by atoms with Crippen molar-refractivity contribution in [3.8, 4) is 27.0 Å². The van der Waals surface area contributed by atoms with Crippen LogP contribution in [0.4, 0.5) is 0 Å². The number of pyridine rings is 1. The van der Waals surface area contributed by atoms with Crippen molar-refractivity contribution in [2.75, 3.05) is 6.54 Å². The molecule has 5 aromatic rings. The summed E-state index contributed by atoms with van der Waals surface area (Å²) in [5.74, 6) is 0. The monoisotopic (exact) mass is 437 g/mol. The molecule has 30 heavy (non-hydrogen) atoms. The Bertz CT molecular complexity index is 1290. The Hall–Kier alpha value is -2.82. The van der Waals surface area contributed by atoms with Crippen LogP contribution in [0.2, 0.25) is 0 Å². The van der Waals surface area contributed by atoms with Crippen molar-refractivity contribution in [3.63, 3.8) is 0 Å². The summed E-state index contributed by atoms with van der Waals surface area (Å²) < 4.78 is 6.15. The van der Waals surface area contributed by atoms with Crippen LogP contribution >= 0.6 is 22.7 Å². The summed E-state index contributed by atoms with van der Waals surface area (Å²) in [5.41, 5.74) is 3.83. The highest BCUT2D eigenvalue weighted by atomic mass is 32.1. The van der Waals surface area contributed by atoms with Gasteiger partial charge in [0.1, 0.15) is 16.8 Å². The Morgan fingerprint density at radius 1 is 1.17 bits per heavy atom. The first-order valence-corrected chi connectivity index (χ1v) is 11.5. The second kappa shape index (κ2) is 7.15. The van der Waals surface area contributed by atoms with E-state index in [-0.39, 0.29) is 6.10 Å². The van der Waals surface area contributed by atoms with E-state index in [1.165, 1.54) is 11.3 Å². The van der Waals surface area contributed by atoms with E-state index in [9.17, 15) is 0 Å². The van der Waals surface area contributed by atoms with Gasteiger partial charge in [-0.25, -0.2) is 4.98 Å². The minimum Gasteiger partial charge on any atom is -0.467 e. The van der Waals surface area contributed by atoms with E-state index in [1.54, 1.807) is 11.3 Å². The largest absolute Gasteiger partial charge is 0.467 e. The van der Waals surface area contributed by atoms with Crippen molar-refractivity contribution in [1.82, 2.24) is 35.5 Å². The van der Waals surface area contributed by atoms with Crippen LogP contribution in [0.25, 0.3) is 42.4 Å². The average molecular weight is 438 g/mol. The molecule has 0 aliphatic carbocycles. The van der Waals surface area contributed by atoms with Gasteiger partial charge in [0.25, 0.3) is 5.19 Å². The van der Waals surface area contributed by atoms with E-state index in [0.29, 0.717) is 11.2 Å². The van der Waals surface area contributed by atoms with E-state index < -0.39 is 0 Å². The third kappa shape index (κ3) is 3.08. The number of aromatic amines is 2. The van der Waals surface area contributed by atoms with Gasteiger partial charge in [-0.15, -0.1) is 0 Å². The minimum atomic E-state index is 0.214. The molecule has 0 saturated carbocycles. The first-order valence-electron chi connectivity index (χ1n) is 9.87. The Balaban J connectivity index is 1.37. The van der Waals surface area contributed by atoms with Crippen molar-refractivity contribution < 1.29 is 4.74 Å². The van der Waals surface area contributed by atoms with Gasteiger partial charge in [0.15, 0.2) is 9.66 Å². The number of ether oxygens (including phenoxy) is 1. The maximum Gasteiger partial charge on any atom is 0.276 e. The molecular weight excluding hydrogens is 418 g/mol. The second-order valence-corrected chi connectivity index (χ2v) is 9.42. The lowest BCUT2D eigenvalue weighted by molar-refractivity contribution is 0.144. The van der Waals surface area contributed by atoms with Gasteiger partial charge in [0.05, 0.1) is 17.9 Å². The zero-order valence-corrected chi connectivity index (χ0v) is 17.8. The molecule has 1 aliphatic heterocycles. The van der Waals surface area contributed by atoms with Gasteiger partial charge in [-0.05, 0) is 32.4 Å². The molecule has 10 heteroatoms. The molecule has 0 aromatic carbocycles. The van der Waals surface area contributed by atoms with E-state index in [1.807, 2.05) is 24.8 Å². The average Bonchev–Trinajstić information content (AvgIpc) is 3.50. The lowest BCUT2D eigenvalue weighted by atomic mass is 10.0. The minimum absolute atomic E-state index is 0.214. The van der Waals surface area contributed by atoms with Crippen LogP contribution in [0.3, 0.4) is 0 Å². The zero-order chi connectivity index (χ0) is 20.1. The molecule has 152 valence electrons. The Labute approximate surface area is 179 Å². The fourth-order valence-electron chi connectivity index (χ4n) is 3.98. The molecule has 0 amide bonds. The van der Waals surface area contributed by atoms with Gasteiger partial charge in [-0.2, -0.15) is 10.1 Å². The summed E-state index contributed by atoms with van der Waals surface area (Å²) in [7, 11) is 0. The molecule has 0 radical (unpaired) electrons. The molecule has 8 nitrogen and oxygen atoms in total. The van der Waals surface area contributed by atoms with Crippen molar-refractivity contribution >= 4 is 43.2 Å². The molecule has 3 N–H and O–H groups in total.